The van der Waals surface area contributed by atoms with Crippen molar-refractivity contribution in [1.29, 1.82) is 0 Å². The van der Waals surface area contributed by atoms with E-state index >= 15 is 0 Å². The van der Waals surface area contributed by atoms with E-state index in [4.69, 9.17) is 5.11 Å². The Morgan fingerprint density at radius 2 is 1.95 bits per heavy atom. The van der Waals surface area contributed by atoms with Gasteiger partial charge in [-0.3, -0.25) is 0 Å². The van der Waals surface area contributed by atoms with Crippen LogP contribution in [0.4, 0.5) is 5.69 Å². The van der Waals surface area contributed by atoms with E-state index in [-0.39, 0.29) is 0 Å². The largest absolute Gasteiger partial charge is 0.478 e. The molecule has 0 amide bonds. The number of aromatic carboxylic acids is 1. The summed E-state index contributed by atoms with van der Waals surface area (Å²) in [6.07, 6.45) is 3.71. The molecule has 0 spiro atoms. The number of carboxylic acid groups (broad SMARTS) is 1. The fourth-order valence-electron chi connectivity index (χ4n) is 3.08. The van der Waals surface area contributed by atoms with E-state index in [0.29, 0.717) is 17.5 Å². The third-order valence-corrected chi connectivity index (χ3v) is 4.41. The number of anilines is 1. The van der Waals surface area contributed by atoms with E-state index in [1.807, 2.05) is 12.1 Å². The summed E-state index contributed by atoms with van der Waals surface area (Å²) >= 11 is 0. The lowest BCUT2D eigenvalue weighted by atomic mass is 9.90. The minimum absolute atomic E-state index is 0.334. The quantitative estimate of drug-likeness (QED) is 0.844. The van der Waals surface area contributed by atoms with Crippen LogP contribution < -0.4 is 5.32 Å². The van der Waals surface area contributed by atoms with Gasteiger partial charge in [0.25, 0.3) is 0 Å². The molecule has 0 saturated carbocycles. The molecule has 0 radical (unpaired) electrons. The summed E-state index contributed by atoms with van der Waals surface area (Å²) in [7, 11) is 0. The smallest absolute Gasteiger partial charge is 0.335 e. The second-order valence-electron chi connectivity index (χ2n) is 5.99. The van der Waals surface area contributed by atoms with Crippen LogP contribution in [0.2, 0.25) is 0 Å². The molecular formula is C17H26N2O2. The zero-order chi connectivity index (χ0) is 15.2. The Morgan fingerprint density at radius 1 is 1.33 bits per heavy atom. The number of hydrogen-bond donors (Lipinski definition) is 2. The molecule has 21 heavy (non-hydrogen) atoms. The van der Waals surface area contributed by atoms with E-state index in [1.54, 1.807) is 12.1 Å². The van der Waals surface area contributed by atoms with Gasteiger partial charge in [-0.05, 0) is 76.0 Å². The zero-order valence-electron chi connectivity index (χ0n) is 13.0. The average Bonchev–Trinajstić information content (AvgIpc) is 2.49. The number of hydrogen-bond acceptors (Lipinski definition) is 3. The zero-order valence-corrected chi connectivity index (χ0v) is 13.0. The van der Waals surface area contributed by atoms with Crippen molar-refractivity contribution < 1.29 is 9.90 Å². The number of nitrogens with zero attached hydrogens (tertiary/aromatic N) is 1. The normalized spacial score (nSPS) is 18.4. The highest BCUT2D eigenvalue weighted by molar-refractivity contribution is 5.87. The Balaban J connectivity index is 1.84. The van der Waals surface area contributed by atoms with Crippen molar-refractivity contribution in [1.82, 2.24) is 4.90 Å². The van der Waals surface area contributed by atoms with Crippen molar-refractivity contribution in [2.24, 2.45) is 5.92 Å². The van der Waals surface area contributed by atoms with Crippen molar-refractivity contribution >= 4 is 11.7 Å². The lowest BCUT2D eigenvalue weighted by Gasteiger charge is -2.35. The van der Waals surface area contributed by atoms with Gasteiger partial charge in [-0.1, -0.05) is 6.92 Å². The third kappa shape index (κ3) is 4.46. The first kappa shape index (κ1) is 15.8. The van der Waals surface area contributed by atoms with Crippen molar-refractivity contribution in [3.63, 3.8) is 0 Å². The third-order valence-electron chi connectivity index (χ3n) is 4.41. The average molecular weight is 290 g/mol. The maximum atomic E-state index is 10.8. The number of piperidine rings is 1. The second kappa shape index (κ2) is 7.46. The highest BCUT2D eigenvalue weighted by Gasteiger charge is 2.23. The maximum absolute atomic E-state index is 10.8. The van der Waals surface area contributed by atoms with E-state index in [9.17, 15) is 4.79 Å². The van der Waals surface area contributed by atoms with Crippen LogP contribution in [0.3, 0.4) is 0 Å². The molecule has 0 bridgehead atoms. The second-order valence-corrected chi connectivity index (χ2v) is 5.99. The van der Waals surface area contributed by atoms with Gasteiger partial charge in [-0.2, -0.15) is 0 Å². The fraction of sp³-hybridized carbons (Fsp3) is 0.588. The van der Waals surface area contributed by atoms with Crippen LogP contribution in [-0.2, 0) is 0 Å². The van der Waals surface area contributed by atoms with Crippen LogP contribution in [0.1, 0.15) is 43.5 Å². The summed E-state index contributed by atoms with van der Waals surface area (Å²) in [6.45, 7) is 8.07. The van der Waals surface area contributed by atoms with Crippen LogP contribution in [0, 0.1) is 5.92 Å². The lowest BCUT2D eigenvalue weighted by Crippen LogP contribution is -2.39. The topological polar surface area (TPSA) is 52.6 Å². The number of carbonyl (C=O) groups is 1. The molecule has 1 heterocycles. The summed E-state index contributed by atoms with van der Waals surface area (Å²) < 4.78 is 0. The van der Waals surface area contributed by atoms with Crippen LogP contribution in [-0.4, -0.2) is 41.7 Å². The first-order chi connectivity index (χ1) is 10.1. The minimum Gasteiger partial charge on any atom is -0.478 e. The molecule has 2 rings (SSSR count). The molecule has 1 aliphatic rings. The highest BCUT2D eigenvalue weighted by atomic mass is 16.4. The molecule has 116 valence electrons. The predicted molar refractivity (Wildman–Crippen MR) is 85.9 cm³/mol. The first-order valence-electron chi connectivity index (χ1n) is 7.92. The van der Waals surface area contributed by atoms with Gasteiger partial charge >= 0.3 is 5.97 Å². The molecular weight excluding hydrogens is 264 g/mol. The van der Waals surface area contributed by atoms with Gasteiger partial charge in [-0.15, -0.1) is 0 Å². The molecule has 0 aromatic heterocycles. The van der Waals surface area contributed by atoms with Crippen molar-refractivity contribution in [3.8, 4) is 0 Å². The van der Waals surface area contributed by atoms with Crippen LogP contribution in [0.25, 0.3) is 0 Å². The van der Waals surface area contributed by atoms with Gasteiger partial charge in [0.1, 0.15) is 0 Å². The fourth-order valence-corrected chi connectivity index (χ4v) is 3.08. The van der Waals surface area contributed by atoms with E-state index in [1.165, 1.54) is 38.9 Å². The maximum Gasteiger partial charge on any atom is 0.335 e. The Bertz CT molecular complexity index is 450. The number of likely N-dealkylation sites (tertiary alicyclic amines) is 1. The van der Waals surface area contributed by atoms with Crippen LogP contribution in [0.15, 0.2) is 24.3 Å². The highest BCUT2D eigenvalue weighted by Crippen LogP contribution is 2.23. The summed E-state index contributed by atoms with van der Waals surface area (Å²) in [4.78, 5) is 13.4. The van der Waals surface area contributed by atoms with Gasteiger partial charge in [-0.25, -0.2) is 4.79 Å². The molecule has 0 aliphatic carbocycles. The standard InChI is InChI=1S/C17H26N2O2/c1-3-10-19-11-8-14(9-12-19)13(2)18-16-6-4-15(5-7-16)17(20)21/h4-7,13-14,18H,3,8-12H2,1-2H3,(H,20,21). The molecule has 4 nitrogen and oxygen atoms in total. The van der Waals surface area contributed by atoms with E-state index < -0.39 is 5.97 Å². The van der Waals surface area contributed by atoms with E-state index in [2.05, 4.69) is 24.1 Å². The van der Waals surface area contributed by atoms with Crippen LogP contribution >= 0.6 is 0 Å². The van der Waals surface area contributed by atoms with Gasteiger partial charge in [0.15, 0.2) is 0 Å². The minimum atomic E-state index is -0.877. The molecule has 4 heteroatoms. The molecule has 1 aromatic carbocycles. The van der Waals surface area contributed by atoms with Crippen molar-refractivity contribution in [3.05, 3.63) is 29.8 Å². The summed E-state index contributed by atoms with van der Waals surface area (Å²) in [5.41, 5.74) is 1.34. The molecule has 1 fully saturated rings. The monoisotopic (exact) mass is 290 g/mol. The SMILES string of the molecule is CCCN1CCC(C(C)Nc2ccc(C(=O)O)cc2)CC1. The molecule has 1 aromatic rings. The summed E-state index contributed by atoms with van der Waals surface area (Å²) in [6, 6.07) is 7.44. The van der Waals surface area contributed by atoms with Gasteiger partial charge in [0, 0.05) is 11.7 Å². The molecule has 1 aliphatic heterocycles. The lowest BCUT2D eigenvalue weighted by molar-refractivity contribution is 0.0697. The molecule has 1 unspecified atom stereocenters. The molecule has 1 saturated heterocycles. The number of benzene rings is 1. The number of carboxylic acids is 1. The molecule has 1 atom stereocenters. The van der Waals surface area contributed by atoms with Gasteiger partial charge < -0.3 is 15.3 Å². The summed E-state index contributed by atoms with van der Waals surface area (Å²) in [5.74, 6) is -0.185. The molecule has 2 N–H and O–H groups in total. The Kier molecular flexibility index (Phi) is 5.62. The van der Waals surface area contributed by atoms with Crippen molar-refractivity contribution in [2.45, 2.75) is 39.2 Å². The first-order valence-corrected chi connectivity index (χ1v) is 7.92. The number of rotatable bonds is 6. The van der Waals surface area contributed by atoms with E-state index in [0.717, 1.165) is 5.69 Å². The van der Waals surface area contributed by atoms with Gasteiger partial charge in [0.2, 0.25) is 0 Å². The van der Waals surface area contributed by atoms with Gasteiger partial charge in [0.05, 0.1) is 5.56 Å². The summed E-state index contributed by atoms with van der Waals surface area (Å²) in [5, 5.41) is 12.4. The van der Waals surface area contributed by atoms with Crippen molar-refractivity contribution in [2.75, 3.05) is 25.0 Å². The Hall–Kier alpha value is -1.55. The number of nitrogens with one attached hydrogen (secondary N) is 1. The Labute approximate surface area is 127 Å². The Morgan fingerprint density at radius 3 is 2.48 bits per heavy atom. The predicted octanol–water partition coefficient (Wildman–Crippen LogP) is 3.31. The van der Waals surface area contributed by atoms with Crippen LogP contribution in [0.5, 0.6) is 0 Å².